The SMILES string of the molecule is COc1cc(C(=O)N2CC(O)(C(C)C)C2)cc(Cl)c1OC. The van der Waals surface area contributed by atoms with Crippen molar-refractivity contribution in [2.45, 2.75) is 19.4 Å². The van der Waals surface area contributed by atoms with Crippen LogP contribution in [-0.2, 0) is 0 Å². The molecule has 1 saturated heterocycles. The first kappa shape index (κ1) is 15.9. The van der Waals surface area contributed by atoms with Crippen LogP contribution >= 0.6 is 11.6 Å². The Morgan fingerprint density at radius 1 is 1.33 bits per heavy atom. The number of ether oxygens (including phenoxy) is 2. The number of rotatable bonds is 4. The Morgan fingerprint density at radius 2 is 1.95 bits per heavy atom. The van der Waals surface area contributed by atoms with E-state index < -0.39 is 5.60 Å². The summed E-state index contributed by atoms with van der Waals surface area (Å²) in [6.07, 6.45) is 0. The molecule has 1 aromatic rings. The molecule has 0 spiro atoms. The van der Waals surface area contributed by atoms with Gasteiger partial charge in [-0.15, -0.1) is 0 Å². The second-order valence-corrected chi connectivity index (χ2v) is 6.02. The summed E-state index contributed by atoms with van der Waals surface area (Å²) in [6.45, 7) is 4.54. The smallest absolute Gasteiger partial charge is 0.254 e. The molecule has 0 unspecified atom stereocenters. The third kappa shape index (κ3) is 2.80. The number of carbonyl (C=O) groups is 1. The lowest BCUT2D eigenvalue weighted by Gasteiger charge is -2.49. The van der Waals surface area contributed by atoms with Crippen molar-refractivity contribution in [1.82, 2.24) is 4.90 Å². The summed E-state index contributed by atoms with van der Waals surface area (Å²) in [4.78, 5) is 14.0. The Kier molecular flexibility index (Phi) is 4.35. The van der Waals surface area contributed by atoms with Gasteiger partial charge in [-0.3, -0.25) is 4.79 Å². The first-order valence-corrected chi connectivity index (χ1v) is 7.13. The monoisotopic (exact) mass is 313 g/mol. The second kappa shape index (κ2) is 5.73. The zero-order valence-electron chi connectivity index (χ0n) is 12.6. The summed E-state index contributed by atoms with van der Waals surface area (Å²) in [5, 5.41) is 10.5. The quantitative estimate of drug-likeness (QED) is 0.926. The highest BCUT2D eigenvalue weighted by Gasteiger charge is 2.46. The van der Waals surface area contributed by atoms with Crippen molar-refractivity contribution in [3.05, 3.63) is 22.7 Å². The highest BCUT2D eigenvalue weighted by atomic mass is 35.5. The Morgan fingerprint density at radius 3 is 2.43 bits per heavy atom. The molecule has 0 bridgehead atoms. The van der Waals surface area contributed by atoms with Crippen molar-refractivity contribution in [3.63, 3.8) is 0 Å². The number of halogens is 1. The third-order valence-electron chi connectivity index (χ3n) is 3.97. The normalized spacial score (nSPS) is 16.6. The molecular formula is C15H20ClNO4. The second-order valence-electron chi connectivity index (χ2n) is 5.61. The Hall–Kier alpha value is -1.46. The largest absolute Gasteiger partial charge is 0.493 e. The van der Waals surface area contributed by atoms with Crippen LogP contribution in [-0.4, -0.2) is 48.8 Å². The van der Waals surface area contributed by atoms with Crippen LogP contribution in [0.2, 0.25) is 5.02 Å². The molecule has 1 aliphatic rings. The van der Waals surface area contributed by atoms with Gasteiger partial charge in [0.25, 0.3) is 5.91 Å². The van der Waals surface area contributed by atoms with Gasteiger partial charge in [-0.05, 0) is 18.1 Å². The van der Waals surface area contributed by atoms with Gasteiger partial charge in [0, 0.05) is 5.56 Å². The van der Waals surface area contributed by atoms with Gasteiger partial charge < -0.3 is 19.5 Å². The molecule has 2 rings (SSSR count). The lowest BCUT2D eigenvalue weighted by atomic mass is 9.82. The summed E-state index contributed by atoms with van der Waals surface area (Å²) < 4.78 is 10.3. The van der Waals surface area contributed by atoms with Crippen LogP contribution in [0.4, 0.5) is 0 Å². The number of β-amino-alcohol motifs (C(OH)–C–C–N with tert-alkyl or cyclic N) is 1. The molecule has 0 saturated carbocycles. The van der Waals surface area contributed by atoms with E-state index in [1.54, 1.807) is 17.0 Å². The van der Waals surface area contributed by atoms with Crippen LogP contribution in [0.15, 0.2) is 12.1 Å². The Bertz CT molecular complexity index is 553. The van der Waals surface area contributed by atoms with Crippen molar-refractivity contribution in [2.75, 3.05) is 27.3 Å². The molecule has 1 N–H and O–H groups in total. The number of hydrogen-bond acceptors (Lipinski definition) is 4. The number of carbonyl (C=O) groups excluding carboxylic acids is 1. The van der Waals surface area contributed by atoms with Crippen LogP contribution in [0.5, 0.6) is 11.5 Å². The molecule has 0 aliphatic carbocycles. The molecule has 1 heterocycles. The van der Waals surface area contributed by atoms with E-state index in [1.807, 2.05) is 13.8 Å². The molecule has 0 aromatic heterocycles. The van der Waals surface area contributed by atoms with Gasteiger partial charge in [0.05, 0.1) is 32.3 Å². The predicted octanol–water partition coefficient (Wildman–Crippen LogP) is 2.20. The van der Waals surface area contributed by atoms with Crippen molar-refractivity contribution < 1.29 is 19.4 Å². The number of likely N-dealkylation sites (tertiary alicyclic amines) is 1. The van der Waals surface area contributed by atoms with Crippen molar-refractivity contribution in [3.8, 4) is 11.5 Å². The zero-order valence-corrected chi connectivity index (χ0v) is 13.4. The summed E-state index contributed by atoms with van der Waals surface area (Å²) in [5.41, 5.74) is -0.376. The lowest BCUT2D eigenvalue weighted by Crippen LogP contribution is -2.65. The minimum Gasteiger partial charge on any atom is -0.493 e. The third-order valence-corrected chi connectivity index (χ3v) is 4.25. The molecule has 1 aliphatic heterocycles. The molecule has 21 heavy (non-hydrogen) atoms. The van der Waals surface area contributed by atoms with Gasteiger partial charge in [-0.25, -0.2) is 0 Å². The minimum atomic E-state index is -0.796. The number of methoxy groups -OCH3 is 2. The van der Waals surface area contributed by atoms with Crippen LogP contribution in [0, 0.1) is 5.92 Å². The van der Waals surface area contributed by atoms with Crippen molar-refractivity contribution in [2.24, 2.45) is 5.92 Å². The Balaban J connectivity index is 2.20. The summed E-state index contributed by atoms with van der Waals surface area (Å²) in [7, 11) is 2.98. The maximum atomic E-state index is 12.4. The van der Waals surface area contributed by atoms with Gasteiger partial charge in [-0.2, -0.15) is 0 Å². The van der Waals surface area contributed by atoms with Gasteiger partial charge in [0.2, 0.25) is 0 Å². The molecule has 1 fully saturated rings. The highest BCUT2D eigenvalue weighted by molar-refractivity contribution is 6.32. The Labute approximate surface area is 129 Å². The highest BCUT2D eigenvalue weighted by Crippen LogP contribution is 2.37. The van der Waals surface area contributed by atoms with E-state index in [2.05, 4.69) is 0 Å². The maximum Gasteiger partial charge on any atom is 0.254 e. The number of nitrogens with zero attached hydrogens (tertiary/aromatic N) is 1. The van der Waals surface area contributed by atoms with Crippen LogP contribution < -0.4 is 9.47 Å². The molecule has 1 amide bonds. The van der Waals surface area contributed by atoms with Gasteiger partial charge in [0.15, 0.2) is 11.5 Å². The topological polar surface area (TPSA) is 59.0 Å². The molecule has 116 valence electrons. The van der Waals surface area contributed by atoms with Gasteiger partial charge in [0.1, 0.15) is 5.60 Å². The molecule has 5 nitrogen and oxygen atoms in total. The van der Waals surface area contributed by atoms with E-state index in [4.69, 9.17) is 21.1 Å². The minimum absolute atomic E-state index is 0.107. The number of benzene rings is 1. The summed E-state index contributed by atoms with van der Waals surface area (Å²) in [5.74, 6) is 0.740. The molecule has 0 radical (unpaired) electrons. The number of aliphatic hydroxyl groups is 1. The fourth-order valence-corrected chi connectivity index (χ4v) is 2.64. The first-order chi connectivity index (χ1) is 9.82. The first-order valence-electron chi connectivity index (χ1n) is 6.75. The predicted molar refractivity (Wildman–Crippen MR) is 80.2 cm³/mol. The molecule has 6 heteroatoms. The van der Waals surface area contributed by atoms with Crippen molar-refractivity contribution >= 4 is 17.5 Å². The maximum absolute atomic E-state index is 12.4. The van der Waals surface area contributed by atoms with Crippen LogP contribution in [0.3, 0.4) is 0 Å². The van der Waals surface area contributed by atoms with Gasteiger partial charge >= 0.3 is 0 Å². The average molecular weight is 314 g/mol. The molecular weight excluding hydrogens is 294 g/mol. The van der Waals surface area contributed by atoms with Crippen LogP contribution in [0.1, 0.15) is 24.2 Å². The number of amides is 1. The average Bonchev–Trinajstić information content (AvgIpc) is 2.41. The standard InChI is InChI=1S/C15H20ClNO4/c1-9(2)15(19)7-17(8-15)14(18)10-5-11(16)13(21-4)12(6-10)20-3/h5-6,9,19H,7-8H2,1-4H3. The van der Waals surface area contributed by atoms with E-state index in [-0.39, 0.29) is 11.8 Å². The summed E-state index contributed by atoms with van der Waals surface area (Å²) >= 11 is 6.10. The van der Waals surface area contributed by atoms with Crippen LogP contribution in [0.25, 0.3) is 0 Å². The fraction of sp³-hybridized carbons (Fsp3) is 0.533. The number of hydrogen-bond donors (Lipinski definition) is 1. The van der Waals surface area contributed by atoms with E-state index in [9.17, 15) is 9.90 Å². The fourth-order valence-electron chi connectivity index (χ4n) is 2.35. The lowest BCUT2D eigenvalue weighted by molar-refractivity contribution is -0.110. The zero-order chi connectivity index (χ0) is 15.8. The van der Waals surface area contributed by atoms with E-state index in [0.29, 0.717) is 35.2 Å². The molecule has 0 atom stereocenters. The van der Waals surface area contributed by atoms with Crippen molar-refractivity contribution in [1.29, 1.82) is 0 Å². The van der Waals surface area contributed by atoms with Gasteiger partial charge in [-0.1, -0.05) is 25.4 Å². The summed E-state index contributed by atoms with van der Waals surface area (Å²) in [6, 6.07) is 3.15. The van der Waals surface area contributed by atoms with E-state index in [1.165, 1.54) is 14.2 Å². The van der Waals surface area contributed by atoms with E-state index >= 15 is 0 Å². The van der Waals surface area contributed by atoms with E-state index in [0.717, 1.165) is 0 Å². The molecule has 1 aromatic carbocycles.